The van der Waals surface area contributed by atoms with E-state index in [1.165, 1.54) is 0 Å². The predicted octanol–water partition coefficient (Wildman–Crippen LogP) is 3.76. The molecule has 3 atom stereocenters. The summed E-state index contributed by atoms with van der Waals surface area (Å²) >= 11 is 0.990. The first-order valence-corrected chi connectivity index (χ1v) is 9.68. The Hall–Kier alpha value is -1.64. The molecule has 2 fully saturated rings. The Morgan fingerprint density at radius 2 is 1.92 bits per heavy atom. The third kappa shape index (κ3) is 4.19. The molecule has 1 aliphatic heterocycles. The minimum Gasteiger partial charge on any atom is -0.481 e. The van der Waals surface area contributed by atoms with E-state index in [2.05, 4.69) is 4.98 Å². The van der Waals surface area contributed by atoms with Crippen LogP contribution < -0.4 is 0 Å². The summed E-state index contributed by atoms with van der Waals surface area (Å²) < 4.78 is 38.2. The second kappa shape index (κ2) is 7.54. The molecule has 1 aromatic rings. The Morgan fingerprint density at radius 3 is 2.58 bits per heavy atom. The summed E-state index contributed by atoms with van der Waals surface area (Å²) in [5.41, 5.74) is -0.877. The van der Waals surface area contributed by atoms with E-state index in [0.717, 1.165) is 16.7 Å². The van der Waals surface area contributed by atoms with Crippen LogP contribution in [0.15, 0.2) is 5.38 Å². The summed E-state index contributed by atoms with van der Waals surface area (Å²) in [6, 6.07) is 0. The van der Waals surface area contributed by atoms with Crippen LogP contribution in [0.5, 0.6) is 0 Å². The monoisotopic (exact) mass is 390 g/mol. The highest BCUT2D eigenvalue weighted by molar-refractivity contribution is 7.09. The number of carboxylic acid groups (broad SMARTS) is 1. The van der Waals surface area contributed by atoms with Crippen molar-refractivity contribution in [1.29, 1.82) is 0 Å². The van der Waals surface area contributed by atoms with Gasteiger partial charge in [-0.1, -0.05) is 6.42 Å². The summed E-state index contributed by atoms with van der Waals surface area (Å²) in [6.45, 7) is 0.930. The van der Waals surface area contributed by atoms with Crippen LogP contribution >= 0.6 is 11.3 Å². The highest BCUT2D eigenvalue weighted by Crippen LogP contribution is 2.36. The summed E-state index contributed by atoms with van der Waals surface area (Å²) in [7, 11) is 0. The zero-order valence-corrected chi connectivity index (χ0v) is 15.0. The number of hydrogen-bond acceptors (Lipinski definition) is 4. The summed E-state index contributed by atoms with van der Waals surface area (Å²) in [6.07, 6.45) is -0.687. The Morgan fingerprint density at radius 1 is 1.19 bits per heavy atom. The Kier molecular flexibility index (Phi) is 5.55. The van der Waals surface area contributed by atoms with Crippen LogP contribution in [0.2, 0.25) is 0 Å². The van der Waals surface area contributed by atoms with Crippen LogP contribution in [-0.2, 0) is 15.8 Å². The molecular weight excluding hydrogens is 369 g/mol. The van der Waals surface area contributed by atoms with E-state index in [4.69, 9.17) is 0 Å². The molecule has 1 N–H and O–H groups in total. The molecular formula is C17H21F3N2O3S. The Labute approximate surface area is 153 Å². The molecule has 0 spiro atoms. The van der Waals surface area contributed by atoms with E-state index in [-0.39, 0.29) is 17.7 Å². The van der Waals surface area contributed by atoms with Crippen molar-refractivity contribution in [3.63, 3.8) is 0 Å². The number of carboxylic acids is 1. The quantitative estimate of drug-likeness (QED) is 0.853. The topological polar surface area (TPSA) is 70.5 Å². The molecule has 1 saturated carbocycles. The lowest BCUT2D eigenvalue weighted by Gasteiger charge is -2.36. The summed E-state index contributed by atoms with van der Waals surface area (Å²) in [5.74, 6) is -1.89. The minimum absolute atomic E-state index is 0.0618. The smallest absolute Gasteiger partial charge is 0.434 e. The molecule has 1 saturated heterocycles. The molecule has 1 aromatic heterocycles. The van der Waals surface area contributed by atoms with Crippen LogP contribution in [-0.4, -0.2) is 40.0 Å². The number of carbonyl (C=O) groups excluding carboxylic acids is 1. The van der Waals surface area contributed by atoms with Crippen molar-refractivity contribution >= 4 is 23.2 Å². The molecule has 1 amide bonds. The van der Waals surface area contributed by atoms with Gasteiger partial charge < -0.3 is 10.0 Å². The SMILES string of the molecule is O=C(O)C1CCCC(C(=O)N2CCCC(c3nc(C(F)(F)F)cs3)C2)C1. The van der Waals surface area contributed by atoms with Gasteiger partial charge in [0, 0.05) is 30.3 Å². The van der Waals surface area contributed by atoms with Gasteiger partial charge in [-0.25, -0.2) is 4.98 Å². The van der Waals surface area contributed by atoms with Gasteiger partial charge >= 0.3 is 12.1 Å². The van der Waals surface area contributed by atoms with E-state index < -0.39 is 23.8 Å². The fourth-order valence-corrected chi connectivity index (χ4v) is 4.84. The molecule has 3 unspecified atom stereocenters. The Bertz CT molecular complexity index is 676. The van der Waals surface area contributed by atoms with Gasteiger partial charge in [0.25, 0.3) is 0 Å². The van der Waals surface area contributed by atoms with Crippen LogP contribution in [0, 0.1) is 11.8 Å². The van der Waals surface area contributed by atoms with Crippen LogP contribution in [0.4, 0.5) is 13.2 Å². The zero-order valence-electron chi connectivity index (χ0n) is 14.2. The largest absolute Gasteiger partial charge is 0.481 e. The molecule has 0 radical (unpaired) electrons. The number of aliphatic carboxylic acids is 1. The molecule has 144 valence electrons. The second-order valence-corrected chi connectivity index (χ2v) is 7.98. The normalized spacial score (nSPS) is 27.3. The van der Waals surface area contributed by atoms with E-state index >= 15 is 0 Å². The molecule has 26 heavy (non-hydrogen) atoms. The standard InChI is InChI=1S/C17H21F3N2O3S/c18-17(19,20)13-9-26-14(21-13)12-5-2-6-22(8-12)15(23)10-3-1-4-11(7-10)16(24)25/h9-12H,1-8H2,(H,24,25). The number of amides is 1. The van der Waals surface area contributed by atoms with Crippen molar-refractivity contribution in [2.45, 2.75) is 50.6 Å². The highest BCUT2D eigenvalue weighted by Gasteiger charge is 2.37. The molecule has 3 rings (SSSR count). The van der Waals surface area contributed by atoms with Crippen LogP contribution in [0.25, 0.3) is 0 Å². The number of aromatic nitrogens is 1. The molecule has 2 aliphatic rings. The van der Waals surface area contributed by atoms with Crippen molar-refractivity contribution in [2.24, 2.45) is 11.8 Å². The van der Waals surface area contributed by atoms with Gasteiger partial charge in [0.15, 0.2) is 5.69 Å². The number of alkyl halides is 3. The van der Waals surface area contributed by atoms with Gasteiger partial charge in [-0.3, -0.25) is 9.59 Å². The first kappa shape index (κ1) is 19.1. The molecule has 5 nitrogen and oxygen atoms in total. The number of carbonyl (C=O) groups is 2. The average molecular weight is 390 g/mol. The first-order valence-electron chi connectivity index (χ1n) is 8.80. The molecule has 2 heterocycles. The third-order valence-electron chi connectivity index (χ3n) is 5.27. The maximum absolute atomic E-state index is 12.8. The van der Waals surface area contributed by atoms with Gasteiger partial charge in [0.05, 0.1) is 10.9 Å². The second-order valence-electron chi connectivity index (χ2n) is 7.09. The summed E-state index contributed by atoms with van der Waals surface area (Å²) in [5, 5.41) is 10.6. The predicted molar refractivity (Wildman–Crippen MR) is 88.8 cm³/mol. The third-order valence-corrected chi connectivity index (χ3v) is 6.27. The van der Waals surface area contributed by atoms with Gasteiger partial charge in [-0.05, 0) is 32.1 Å². The number of rotatable bonds is 3. The highest BCUT2D eigenvalue weighted by atomic mass is 32.1. The van der Waals surface area contributed by atoms with Gasteiger partial charge in [0.1, 0.15) is 0 Å². The minimum atomic E-state index is -4.45. The summed E-state index contributed by atoms with van der Waals surface area (Å²) in [4.78, 5) is 29.4. The number of likely N-dealkylation sites (tertiary alicyclic amines) is 1. The maximum Gasteiger partial charge on any atom is 0.434 e. The van der Waals surface area contributed by atoms with Crippen molar-refractivity contribution in [3.8, 4) is 0 Å². The van der Waals surface area contributed by atoms with Crippen molar-refractivity contribution in [2.75, 3.05) is 13.1 Å². The number of piperidine rings is 1. The van der Waals surface area contributed by atoms with E-state index in [0.29, 0.717) is 56.6 Å². The van der Waals surface area contributed by atoms with Crippen molar-refractivity contribution < 1.29 is 27.9 Å². The van der Waals surface area contributed by atoms with Crippen LogP contribution in [0.1, 0.15) is 55.1 Å². The van der Waals surface area contributed by atoms with Crippen LogP contribution in [0.3, 0.4) is 0 Å². The van der Waals surface area contributed by atoms with E-state index in [1.54, 1.807) is 4.90 Å². The lowest BCUT2D eigenvalue weighted by atomic mass is 9.80. The van der Waals surface area contributed by atoms with Gasteiger partial charge in [0.2, 0.25) is 5.91 Å². The first-order chi connectivity index (χ1) is 12.3. The molecule has 1 aliphatic carbocycles. The Balaban J connectivity index is 1.65. The number of thiazole rings is 1. The fraction of sp³-hybridized carbons (Fsp3) is 0.706. The number of hydrogen-bond donors (Lipinski definition) is 1. The van der Waals surface area contributed by atoms with E-state index in [9.17, 15) is 27.9 Å². The number of nitrogens with zero attached hydrogens (tertiary/aromatic N) is 2. The molecule has 0 bridgehead atoms. The number of halogens is 3. The van der Waals surface area contributed by atoms with Gasteiger partial charge in [-0.15, -0.1) is 11.3 Å². The lowest BCUT2D eigenvalue weighted by Crippen LogP contribution is -2.44. The van der Waals surface area contributed by atoms with Crippen molar-refractivity contribution in [1.82, 2.24) is 9.88 Å². The van der Waals surface area contributed by atoms with E-state index in [1.807, 2.05) is 0 Å². The molecule has 0 aromatic carbocycles. The maximum atomic E-state index is 12.8. The fourth-order valence-electron chi connectivity index (χ4n) is 3.88. The lowest BCUT2D eigenvalue weighted by molar-refractivity contribution is -0.146. The van der Waals surface area contributed by atoms with Crippen molar-refractivity contribution in [3.05, 3.63) is 16.1 Å². The average Bonchev–Trinajstić information content (AvgIpc) is 3.12. The zero-order chi connectivity index (χ0) is 18.9. The van der Waals surface area contributed by atoms with Gasteiger partial charge in [-0.2, -0.15) is 13.2 Å². The molecule has 9 heteroatoms.